The molecule has 7 nitrogen and oxygen atoms in total. The molecule has 0 aliphatic carbocycles. The number of piperazine rings is 1. The molecule has 29 heavy (non-hydrogen) atoms. The largest absolute Gasteiger partial charge is 0.395 e. The minimum atomic E-state index is 0.0904. The Kier molecular flexibility index (Phi) is 6.47. The third-order valence-electron chi connectivity index (χ3n) is 6.37. The van der Waals surface area contributed by atoms with Crippen LogP contribution in [-0.4, -0.2) is 87.7 Å². The maximum absolute atomic E-state index is 13.1. The van der Waals surface area contributed by atoms with Crippen molar-refractivity contribution in [3.63, 3.8) is 0 Å². The summed E-state index contributed by atoms with van der Waals surface area (Å²) in [4.78, 5) is 24.6. The Labute approximate surface area is 172 Å². The summed E-state index contributed by atoms with van der Waals surface area (Å²) in [6, 6.07) is 8.31. The van der Waals surface area contributed by atoms with Crippen LogP contribution < -0.4 is 0 Å². The molecule has 0 unspecified atom stereocenters. The number of rotatable bonds is 6. The van der Waals surface area contributed by atoms with Gasteiger partial charge in [-0.25, -0.2) is 4.98 Å². The number of carbonyl (C=O) groups excluding carboxylic acids is 1. The highest BCUT2D eigenvalue weighted by atomic mass is 16.3. The van der Waals surface area contributed by atoms with Crippen LogP contribution in [0.3, 0.4) is 0 Å². The van der Waals surface area contributed by atoms with Crippen molar-refractivity contribution in [2.45, 2.75) is 32.9 Å². The molecule has 0 saturated carbocycles. The fraction of sp³-hybridized carbons (Fsp3) is 0.636. The third-order valence-corrected chi connectivity index (χ3v) is 6.37. The van der Waals surface area contributed by atoms with Crippen molar-refractivity contribution in [1.29, 1.82) is 0 Å². The number of aliphatic hydroxyl groups excluding tert-OH is 1. The lowest BCUT2D eigenvalue weighted by atomic mass is 9.96. The number of aliphatic hydroxyl groups is 1. The molecule has 1 atom stereocenters. The van der Waals surface area contributed by atoms with Crippen molar-refractivity contribution in [1.82, 2.24) is 24.3 Å². The summed E-state index contributed by atoms with van der Waals surface area (Å²) in [5.74, 6) is 1.49. The van der Waals surface area contributed by atoms with Crippen molar-refractivity contribution in [2.75, 3.05) is 52.4 Å². The average Bonchev–Trinajstić information content (AvgIpc) is 3.11. The lowest BCUT2D eigenvalue weighted by Crippen LogP contribution is -2.52. The first-order chi connectivity index (χ1) is 14.2. The minimum absolute atomic E-state index is 0.0904. The first kappa shape index (κ1) is 20.3. The highest BCUT2D eigenvalue weighted by Crippen LogP contribution is 2.23. The summed E-state index contributed by atoms with van der Waals surface area (Å²) in [5.41, 5.74) is 2.24. The Hall–Kier alpha value is -1.96. The van der Waals surface area contributed by atoms with Gasteiger partial charge in [0, 0.05) is 45.8 Å². The van der Waals surface area contributed by atoms with Gasteiger partial charge in [-0.3, -0.25) is 14.6 Å². The number of carbonyl (C=O) groups is 1. The van der Waals surface area contributed by atoms with E-state index >= 15 is 0 Å². The predicted molar refractivity (Wildman–Crippen MR) is 114 cm³/mol. The molecule has 1 aromatic carbocycles. The van der Waals surface area contributed by atoms with Crippen LogP contribution in [0.5, 0.6) is 0 Å². The summed E-state index contributed by atoms with van der Waals surface area (Å²) in [5, 5.41) is 9.10. The molecule has 2 aromatic rings. The molecule has 1 N–H and O–H groups in total. The topological polar surface area (TPSA) is 64.8 Å². The second-order valence-electron chi connectivity index (χ2n) is 8.23. The van der Waals surface area contributed by atoms with Gasteiger partial charge in [0.1, 0.15) is 5.82 Å². The molecule has 1 amide bonds. The number of β-amino-alcohol motifs (C(OH)–C–C–N with tert-alkyl or cyclic N) is 1. The van der Waals surface area contributed by atoms with Crippen molar-refractivity contribution < 1.29 is 9.90 Å². The number of para-hydroxylation sites is 2. The van der Waals surface area contributed by atoms with Gasteiger partial charge in [0.05, 0.1) is 30.1 Å². The summed E-state index contributed by atoms with van der Waals surface area (Å²) >= 11 is 0. The van der Waals surface area contributed by atoms with E-state index in [1.807, 2.05) is 11.0 Å². The lowest BCUT2D eigenvalue weighted by molar-refractivity contribution is -0.139. The standard InChI is InChI=1S/C22H33N5O2/c1-2-27-20-8-4-3-7-19(20)23-21(27)17-25-9-5-6-18(16-25)22(29)26-12-10-24(11-13-26)14-15-28/h3-4,7-8,18,28H,2,5-6,9-17H2,1H3/t18-/m0/s1. The number of likely N-dealkylation sites (tertiary alicyclic amines) is 1. The molecule has 1 aromatic heterocycles. The Morgan fingerprint density at radius 1 is 1.14 bits per heavy atom. The van der Waals surface area contributed by atoms with E-state index in [0.717, 1.165) is 76.5 Å². The van der Waals surface area contributed by atoms with E-state index in [9.17, 15) is 4.79 Å². The van der Waals surface area contributed by atoms with Crippen LogP contribution in [0.1, 0.15) is 25.6 Å². The molecule has 3 heterocycles. The molecule has 4 rings (SSSR count). The summed E-state index contributed by atoms with van der Waals surface area (Å²) in [6.45, 7) is 9.90. The fourth-order valence-electron chi connectivity index (χ4n) is 4.79. The van der Waals surface area contributed by atoms with Crippen LogP contribution in [0.15, 0.2) is 24.3 Å². The van der Waals surface area contributed by atoms with Gasteiger partial charge in [0.2, 0.25) is 5.91 Å². The number of aryl methyl sites for hydroxylation is 1. The smallest absolute Gasteiger partial charge is 0.227 e. The van der Waals surface area contributed by atoms with Gasteiger partial charge >= 0.3 is 0 Å². The van der Waals surface area contributed by atoms with Gasteiger partial charge in [-0.2, -0.15) is 0 Å². The second kappa shape index (κ2) is 9.24. The molecule has 158 valence electrons. The minimum Gasteiger partial charge on any atom is -0.395 e. The van der Waals surface area contributed by atoms with Crippen LogP contribution in [0, 0.1) is 5.92 Å². The average molecular weight is 400 g/mol. The number of benzene rings is 1. The van der Waals surface area contributed by atoms with Crippen LogP contribution in [0.4, 0.5) is 0 Å². The molecule has 0 bridgehead atoms. The quantitative estimate of drug-likeness (QED) is 0.796. The van der Waals surface area contributed by atoms with Gasteiger partial charge < -0.3 is 14.6 Å². The Balaban J connectivity index is 1.38. The first-order valence-corrected chi connectivity index (χ1v) is 11.0. The summed E-state index contributed by atoms with van der Waals surface area (Å²) in [6.07, 6.45) is 2.05. The van der Waals surface area contributed by atoms with Crippen molar-refractivity contribution in [3.8, 4) is 0 Å². The molecule has 0 radical (unpaired) electrons. The number of imidazole rings is 1. The Morgan fingerprint density at radius 3 is 2.69 bits per heavy atom. The third kappa shape index (κ3) is 4.47. The lowest BCUT2D eigenvalue weighted by Gasteiger charge is -2.38. The van der Waals surface area contributed by atoms with E-state index in [0.29, 0.717) is 12.5 Å². The van der Waals surface area contributed by atoms with E-state index < -0.39 is 0 Å². The van der Waals surface area contributed by atoms with Crippen molar-refractivity contribution >= 4 is 16.9 Å². The number of hydrogen-bond donors (Lipinski definition) is 1. The molecule has 0 spiro atoms. The second-order valence-corrected chi connectivity index (χ2v) is 8.23. The zero-order chi connectivity index (χ0) is 20.2. The maximum atomic E-state index is 13.1. The number of hydrogen-bond acceptors (Lipinski definition) is 5. The highest BCUT2D eigenvalue weighted by molar-refractivity contribution is 5.79. The molecule has 2 aliphatic rings. The van der Waals surface area contributed by atoms with Gasteiger partial charge in [-0.05, 0) is 38.4 Å². The van der Waals surface area contributed by atoms with E-state index in [1.54, 1.807) is 0 Å². The molecular weight excluding hydrogens is 366 g/mol. The first-order valence-electron chi connectivity index (χ1n) is 11.0. The van der Waals surface area contributed by atoms with Crippen molar-refractivity contribution in [2.24, 2.45) is 5.92 Å². The van der Waals surface area contributed by atoms with Crippen LogP contribution in [-0.2, 0) is 17.9 Å². The number of amides is 1. The van der Waals surface area contributed by atoms with Gasteiger partial charge in [0.15, 0.2) is 0 Å². The monoisotopic (exact) mass is 399 g/mol. The van der Waals surface area contributed by atoms with Gasteiger partial charge in [-0.15, -0.1) is 0 Å². The van der Waals surface area contributed by atoms with Crippen LogP contribution >= 0.6 is 0 Å². The SMILES string of the molecule is CCn1c(CN2CCC[C@H](C(=O)N3CCN(CCO)CC3)C2)nc2ccccc21. The van der Waals surface area contributed by atoms with E-state index in [1.165, 1.54) is 5.52 Å². The fourth-order valence-corrected chi connectivity index (χ4v) is 4.79. The molecular formula is C22H33N5O2. The van der Waals surface area contributed by atoms with Crippen molar-refractivity contribution in [3.05, 3.63) is 30.1 Å². The van der Waals surface area contributed by atoms with E-state index in [-0.39, 0.29) is 12.5 Å². The highest BCUT2D eigenvalue weighted by Gasteiger charge is 2.31. The molecule has 7 heteroatoms. The zero-order valence-electron chi connectivity index (χ0n) is 17.5. The van der Waals surface area contributed by atoms with E-state index in [2.05, 4.69) is 39.5 Å². The molecule has 2 saturated heterocycles. The van der Waals surface area contributed by atoms with Crippen LogP contribution in [0.2, 0.25) is 0 Å². The van der Waals surface area contributed by atoms with Gasteiger partial charge in [-0.1, -0.05) is 12.1 Å². The van der Waals surface area contributed by atoms with Crippen LogP contribution in [0.25, 0.3) is 11.0 Å². The number of nitrogens with zero attached hydrogens (tertiary/aromatic N) is 5. The molecule has 2 fully saturated rings. The zero-order valence-corrected chi connectivity index (χ0v) is 17.5. The summed E-state index contributed by atoms with van der Waals surface area (Å²) in [7, 11) is 0. The Morgan fingerprint density at radius 2 is 1.93 bits per heavy atom. The summed E-state index contributed by atoms with van der Waals surface area (Å²) < 4.78 is 2.29. The predicted octanol–water partition coefficient (Wildman–Crippen LogP) is 1.40. The number of fused-ring (bicyclic) bond motifs is 1. The molecule has 2 aliphatic heterocycles. The Bertz CT molecular complexity index is 828. The maximum Gasteiger partial charge on any atom is 0.227 e. The van der Waals surface area contributed by atoms with E-state index in [4.69, 9.17) is 10.1 Å². The normalized spacial score (nSPS) is 21.7. The number of piperidine rings is 1. The number of aromatic nitrogens is 2. The van der Waals surface area contributed by atoms with Gasteiger partial charge in [0.25, 0.3) is 0 Å².